The summed E-state index contributed by atoms with van der Waals surface area (Å²) in [6, 6.07) is 9.47. The molecule has 0 bridgehead atoms. The van der Waals surface area contributed by atoms with E-state index in [0.29, 0.717) is 13.0 Å². The summed E-state index contributed by atoms with van der Waals surface area (Å²) in [5, 5.41) is 4.72. The van der Waals surface area contributed by atoms with Crippen molar-refractivity contribution in [3.8, 4) is 0 Å². The monoisotopic (exact) mass is 406 g/mol. The van der Waals surface area contributed by atoms with Crippen molar-refractivity contribution in [2.45, 2.75) is 6.42 Å². The first kappa shape index (κ1) is 17.7. The van der Waals surface area contributed by atoms with Crippen LogP contribution in [0, 0.1) is 23.3 Å². The van der Waals surface area contributed by atoms with Crippen molar-refractivity contribution in [3.05, 3.63) is 63.6 Å². The number of rotatable bonds is 4. The average molecular weight is 407 g/mol. The van der Waals surface area contributed by atoms with E-state index in [0.717, 1.165) is 5.56 Å². The van der Waals surface area contributed by atoms with Crippen molar-refractivity contribution in [2.75, 3.05) is 11.9 Å². The number of anilines is 1. The second-order valence-corrected chi connectivity index (χ2v) is 5.76. The minimum Gasteiger partial charge on any atom is -0.362 e. The molecule has 0 aliphatic heterocycles. The summed E-state index contributed by atoms with van der Waals surface area (Å²) >= 11 is 7.32. The molecule has 2 aromatic rings. The van der Waals surface area contributed by atoms with Gasteiger partial charge in [0.2, 0.25) is 0 Å². The molecule has 0 fully saturated rings. The Morgan fingerprint density at radius 2 is 1.52 bits per heavy atom. The molecule has 0 saturated heterocycles. The fraction of sp³-hybridized carbons (Fsp3) is 0.133. The molecular weight excluding hydrogens is 396 g/mol. The van der Waals surface area contributed by atoms with Crippen LogP contribution >= 0.6 is 28.1 Å². The molecular formula is C15H11BrF4N2S. The molecule has 0 heterocycles. The lowest BCUT2D eigenvalue weighted by molar-refractivity contribution is 0.452. The van der Waals surface area contributed by atoms with E-state index >= 15 is 0 Å². The standard InChI is InChI=1S/C15H11BrF4N2S/c16-9-10(17)12(19)14(13(20)11(9)18)22-15(23)21-7-6-8-4-2-1-3-5-8/h1-5H,6-7H2,(H2,21,22,23). The van der Waals surface area contributed by atoms with Crippen LogP contribution in [0.25, 0.3) is 0 Å². The summed E-state index contributed by atoms with van der Waals surface area (Å²) in [4.78, 5) is 0. The van der Waals surface area contributed by atoms with Gasteiger partial charge in [0.1, 0.15) is 5.69 Å². The molecule has 0 amide bonds. The number of halogens is 5. The van der Waals surface area contributed by atoms with E-state index < -0.39 is 33.4 Å². The molecule has 0 saturated carbocycles. The van der Waals surface area contributed by atoms with Crippen LogP contribution in [0.2, 0.25) is 0 Å². The Balaban J connectivity index is 2.01. The Hall–Kier alpha value is -1.67. The third kappa shape index (κ3) is 4.20. The lowest BCUT2D eigenvalue weighted by Crippen LogP contribution is -2.31. The first-order valence-electron chi connectivity index (χ1n) is 6.52. The molecule has 0 atom stereocenters. The van der Waals surface area contributed by atoms with E-state index in [2.05, 4.69) is 26.6 Å². The number of hydrogen-bond acceptors (Lipinski definition) is 1. The number of benzene rings is 2. The molecule has 0 unspecified atom stereocenters. The van der Waals surface area contributed by atoms with E-state index in [-0.39, 0.29) is 5.11 Å². The van der Waals surface area contributed by atoms with Gasteiger partial charge in [-0.15, -0.1) is 0 Å². The number of hydrogen-bond donors (Lipinski definition) is 2. The predicted octanol–water partition coefficient (Wildman–Crippen LogP) is 4.53. The Morgan fingerprint density at radius 3 is 2.09 bits per heavy atom. The van der Waals surface area contributed by atoms with E-state index in [1.165, 1.54) is 0 Å². The van der Waals surface area contributed by atoms with Crippen LogP contribution in [0.3, 0.4) is 0 Å². The van der Waals surface area contributed by atoms with E-state index in [9.17, 15) is 17.6 Å². The Morgan fingerprint density at radius 1 is 0.957 bits per heavy atom. The second-order valence-electron chi connectivity index (χ2n) is 4.56. The smallest absolute Gasteiger partial charge is 0.186 e. The van der Waals surface area contributed by atoms with Crippen molar-refractivity contribution >= 4 is 38.9 Å². The molecule has 0 aromatic heterocycles. The number of thiocarbonyl (C=S) groups is 1. The van der Waals surface area contributed by atoms with Gasteiger partial charge >= 0.3 is 0 Å². The minimum absolute atomic E-state index is 0.139. The molecule has 2 nitrogen and oxygen atoms in total. The van der Waals surface area contributed by atoms with Crippen molar-refractivity contribution < 1.29 is 17.6 Å². The quantitative estimate of drug-likeness (QED) is 0.337. The topological polar surface area (TPSA) is 24.1 Å². The Bertz CT molecular complexity index is 696. The molecule has 2 aromatic carbocycles. The van der Waals surface area contributed by atoms with E-state index in [1.807, 2.05) is 30.3 Å². The van der Waals surface area contributed by atoms with Crippen molar-refractivity contribution in [2.24, 2.45) is 0 Å². The molecule has 122 valence electrons. The third-order valence-corrected chi connectivity index (χ3v) is 3.93. The molecule has 23 heavy (non-hydrogen) atoms. The van der Waals surface area contributed by atoms with Crippen LogP contribution in [0.5, 0.6) is 0 Å². The van der Waals surface area contributed by atoms with Crippen LogP contribution in [0.1, 0.15) is 5.56 Å². The van der Waals surface area contributed by atoms with Gasteiger partial charge in [0.15, 0.2) is 28.4 Å². The van der Waals surface area contributed by atoms with E-state index in [1.54, 1.807) is 0 Å². The fourth-order valence-electron chi connectivity index (χ4n) is 1.84. The third-order valence-electron chi connectivity index (χ3n) is 2.99. The zero-order valence-corrected chi connectivity index (χ0v) is 14.0. The van der Waals surface area contributed by atoms with Gasteiger partial charge in [0.25, 0.3) is 0 Å². The van der Waals surface area contributed by atoms with Gasteiger partial charge < -0.3 is 10.6 Å². The second kappa shape index (κ2) is 7.74. The molecule has 0 aliphatic rings. The first-order chi connectivity index (χ1) is 10.9. The van der Waals surface area contributed by atoms with Gasteiger partial charge in [-0.3, -0.25) is 0 Å². The lowest BCUT2D eigenvalue weighted by atomic mass is 10.1. The molecule has 0 spiro atoms. The van der Waals surface area contributed by atoms with Gasteiger partial charge in [-0.25, -0.2) is 17.6 Å². The maximum atomic E-state index is 13.7. The summed E-state index contributed by atoms with van der Waals surface area (Å²) in [6.45, 7) is 0.389. The van der Waals surface area contributed by atoms with Crippen LogP contribution in [-0.2, 0) is 6.42 Å². The Kier molecular flexibility index (Phi) is 5.95. The highest BCUT2D eigenvalue weighted by Crippen LogP contribution is 2.31. The van der Waals surface area contributed by atoms with Gasteiger partial charge in [-0.1, -0.05) is 30.3 Å². The highest BCUT2D eigenvalue weighted by atomic mass is 79.9. The molecule has 2 N–H and O–H groups in total. The largest absolute Gasteiger partial charge is 0.362 e. The molecule has 8 heteroatoms. The zero-order valence-electron chi connectivity index (χ0n) is 11.6. The fourth-order valence-corrected chi connectivity index (χ4v) is 2.39. The van der Waals surface area contributed by atoms with Crippen molar-refractivity contribution in [1.82, 2.24) is 5.32 Å². The predicted molar refractivity (Wildman–Crippen MR) is 88.3 cm³/mol. The van der Waals surface area contributed by atoms with Crippen LogP contribution in [0.15, 0.2) is 34.8 Å². The summed E-state index contributed by atoms with van der Waals surface area (Å²) in [5.41, 5.74) is 0.0707. The summed E-state index contributed by atoms with van der Waals surface area (Å²) in [5.74, 6) is -6.16. The molecule has 2 rings (SSSR count). The van der Waals surface area contributed by atoms with Crippen molar-refractivity contribution in [1.29, 1.82) is 0 Å². The highest BCUT2D eigenvalue weighted by Gasteiger charge is 2.24. The van der Waals surface area contributed by atoms with Gasteiger partial charge in [0, 0.05) is 6.54 Å². The summed E-state index contributed by atoms with van der Waals surface area (Å²) in [6.07, 6.45) is 0.622. The normalized spacial score (nSPS) is 10.5. The van der Waals surface area contributed by atoms with Gasteiger partial charge in [0.05, 0.1) is 4.47 Å². The first-order valence-corrected chi connectivity index (χ1v) is 7.72. The van der Waals surface area contributed by atoms with Gasteiger partial charge in [-0.05, 0) is 40.1 Å². The van der Waals surface area contributed by atoms with Gasteiger partial charge in [-0.2, -0.15) is 0 Å². The summed E-state index contributed by atoms with van der Waals surface area (Å²) < 4.78 is 53.3. The number of nitrogens with one attached hydrogen (secondary N) is 2. The van der Waals surface area contributed by atoms with Crippen LogP contribution in [-0.4, -0.2) is 11.7 Å². The highest BCUT2D eigenvalue weighted by molar-refractivity contribution is 9.10. The van der Waals surface area contributed by atoms with E-state index in [4.69, 9.17) is 12.2 Å². The average Bonchev–Trinajstić information content (AvgIpc) is 2.56. The van der Waals surface area contributed by atoms with Crippen molar-refractivity contribution in [3.63, 3.8) is 0 Å². The lowest BCUT2D eigenvalue weighted by Gasteiger charge is -2.13. The SMILES string of the molecule is Fc1c(F)c(NC(=S)NCCc2ccccc2)c(F)c(F)c1Br. The maximum absolute atomic E-state index is 13.7. The summed E-state index contributed by atoms with van der Waals surface area (Å²) in [7, 11) is 0. The maximum Gasteiger partial charge on any atom is 0.186 e. The molecule has 0 aliphatic carbocycles. The minimum atomic E-state index is -1.55. The molecule has 0 radical (unpaired) electrons. The zero-order chi connectivity index (χ0) is 17.0. The van der Waals surface area contributed by atoms with Crippen LogP contribution < -0.4 is 10.6 Å². The van der Waals surface area contributed by atoms with Crippen LogP contribution in [0.4, 0.5) is 23.2 Å². The Labute approximate surface area is 144 Å².